The molecule has 0 aliphatic rings. The Morgan fingerprint density at radius 3 is 2.62 bits per heavy atom. The fourth-order valence-electron chi connectivity index (χ4n) is 2.03. The highest BCUT2D eigenvalue weighted by molar-refractivity contribution is 8.00. The van der Waals surface area contributed by atoms with Crippen LogP contribution < -0.4 is 11.1 Å². The van der Waals surface area contributed by atoms with Gasteiger partial charge in [-0.05, 0) is 43.3 Å². The van der Waals surface area contributed by atoms with Crippen molar-refractivity contribution in [3.05, 3.63) is 54.4 Å². The monoisotopic (exact) mass is 369 g/mol. The number of nitrogens with two attached hydrogens (primary N) is 1. The third-order valence-corrected chi connectivity index (χ3v) is 4.33. The standard InChI is InChI=1S/C17H15N5O3S/c1-10(15(24)20-13-6-4-11(5-7-13)14(18)23)26-17-22-21-16(25-17)12-3-2-8-19-9-12/h2-10H,1H3,(H2,18,23)(H,20,24)/t10-/m1/s1. The molecule has 0 unspecified atom stereocenters. The number of rotatable bonds is 6. The molecule has 0 saturated heterocycles. The molecule has 0 aliphatic carbocycles. The number of pyridine rings is 1. The van der Waals surface area contributed by atoms with Crippen molar-refractivity contribution in [1.82, 2.24) is 15.2 Å². The first-order valence-electron chi connectivity index (χ1n) is 7.64. The minimum absolute atomic E-state index is 0.233. The van der Waals surface area contributed by atoms with Gasteiger partial charge in [0.2, 0.25) is 17.7 Å². The number of benzene rings is 1. The number of carbonyl (C=O) groups excluding carboxylic acids is 2. The van der Waals surface area contributed by atoms with Crippen LogP contribution in [-0.2, 0) is 4.79 Å². The summed E-state index contributed by atoms with van der Waals surface area (Å²) >= 11 is 1.15. The average molecular weight is 369 g/mol. The molecule has 1 atom stereocenters. The Kier molecular flexibility index (Phi) is 5.28. The van der Waals surface area contributed by atoms with E-state index in [-0.39, 0.29) is 11.1 Å². The maximum absolute atomic E-state index is 12.3. The molecule has 0 aliphatic heterocycles. The molecule has 2 aromatic heterocycles. The van der Waals surface area contributed by atoms with Gasteiger partial charge >= 0.3 is 0 Å². The molecule has 0 bridgehead atoms. The minimum atomic E-state index is -0.521. The number of carbonyl (C=O) groups is 2. The Balaban J connectivity index is 1.61. The molecule has 3 N–H and O–H groups in total. The van der Waals surface area contributed by atoms with Gasteiger partial charge in [-0.2, -0.15) is 0 Å². The van der Waals surface area contributed by atoms with Gasteiger partial charge in [0.25, 0.3) is 5.22 Å². The second kappa shape index (κ2) is 7.79. The van der Waals surface area contributed by atoms with E-state index in [1.54, 1.807) is 55.7 Å². The second-order valence-corrected chi connectivity index (χ2v) is 6.60. The van der Waals surface area contributed by atoms with E-state index in [9.17, 15) is 9.59 Å². The number of primary amides is 1. The zero-order chi connectivity index (χ0) is 18.5. The van der Waals surface area contributed by atoms with E-state index >= 15 is 0 Å². The van der Waals surface area contributed by atoms with E-state index in [1.807, 2.05) is 0 Å². The van der Waals surface area contributed by atoms with E-state index < -0.39 is 11.2 Å². The molecule has 1 aromatic carbocycles. The van der Waals surface area contributed by atoms with Gasteiger partial charge in [0.15, 0.2) is 0 Å². The SMILES string of the molecule is C[C@@H](Sc1nnc(-c2cccnc2)o1)C(=O)Nc1ccc(C(N)=O)cc1. The Labute approximate surface area is 153 Å². The molecule has 0 radical (unpaired) electrons. The van der Waals surface area contributed by atoms with E-state index in [2.05, 4.69) is 20.5 Å². The quantitative estimate of drug-likeness (QED) is 0.639. The van der Waals surface area contributed by atoms with Crippen LogP contribution in [0.2, 0.25) is 0 Å². The van der Waals surface area contributed by atoms with Crippen molar-refractivity contribution in [2.24, 2.45) is 5.73 Å². The van der Waals surface area contributed by atoms with Crippen LogP contribution in [0.1, 0.15) is 17.3 Å². The summed E-state index contributed by atoms with van der Waals surface area (Å²) in [5.74, 6) is -0.411. The van der Waals surface area contributed by atoms with Crippen molar-refractivity contribution >= 4 is 29.3 Å². The van der Waals surface area contributed by atoms with E-state index in [4.69, 9.17) is 10.2 Å². The number of anilines is 1. The molecular formula is C17H15N5O3S. The Morgan fingerprint density at radius 1 is 1.19 bits per heavy atom. The van der Waals surface area contributed by atoms with Crippen LogP contribution in [0.5, 0.6) is 0 Å². The maximum atomic E-state index is 12.3. The van der Waals surface area contributed by atoms with Crippen molar-refractivity contribution < 1.29 is 14.0 Å². The first-order valence-corrected chi connectivity index (χ1v) is 8.52. The summed E-state index contributed by atoms with van der Waals surface area (Å²) in [7, 11) is 0. The lowest BCUT2D eigenvalue weighted by Crippen LogP contribution is -2.22. The van der Waals surface area contributed by atoms with Crippen LogP contribution in [0, 0.1) is 0 Å². The third kappa shape index (κ3) is 4.25. The van der Waals surface area contributed by atoms with Gasteiger partial charge in [-0.3, -0.25) is 14.6 Å². The highest BCUT2D eigenvalue weighted by atomic mass is 32.2. The van der Waals surface area contributed by atoms with E-state index in [1.165, 1.54) is 0 Å². The van der Waals surface area contributed by atoms with Gasteiger partial charge in [0.1, 0.15) is 0 Å². The van der Waals surface area contributed by atoms with Gasteiger partial charge in [0, 0.05) is 23.6 Å². The number of amides is 2. The summed E-state index contributed by atoms with van der Waals surface area (Å²) in [6.45, 7) is 1.73. The van der Waals surface area contributed by atoms with Gasteiger partial charge in [-0.25, -0.2) is 0 Å². The average Bonchev–Trinajstić information content (AvgIpc) is 3.11. The minimum Gasteiger partial charge on any atom is -0.411 e. The number of nitrogens with zero attached hydrogens (tertiary/aromatic N) is 3. The van der Waals surface area contributed by atoms with Crippen LogP contribution in [-0.4, -0.2) is 32.2 Å². The van der Waals surface area contributed by atoms with E-state index in [0.717, 1.165) is 11.8 Å². The Hall–Kier alpha value is -3.20. The third-order valence-electron chi connectivity index (χ3n) is 3.40. The van der Waals surface area contributed by atoms with Gasteiger partial charge in [-0.1, -0.05) is 11.8 Å². The van der Waals surface area contributed by atoms with Crippen molar-refractivity contribution in [2.45, 2.75) is 17.4 Å². The molecule has 3 rings (SSSR count). The number of thioether (sulfide) groups is 1. The summed E-state index contributed by atoms with van der Waals surface area (Å²) in [4.78, 5) is 27.3. The summed E-state index contributed by atoms with van der Waals surface area (Å²) in [6.07, 6.45) is 3.27. The predicted octanol–water partition coefficient (Wildman–Crippen LogP) is 2.35. The number of nitrogens with one attached hydrogen (secondary N) is 1. The molecule has 0 spiro atoms. The van der Waals surface area contributed by atoms with Crippen LogP contribution in [0.15, 0.2) is 58.4 Å². The summed E-state index contributed by atoms with van der Waals surface area (Å²) in [5.41, 5.74) is 6.83. The van der Waals surface area contributed by atoms with Crippen LogP contribution >= 0.6 is 11.8 Å². The van der Waals surface area contributed by atoms with Crippen molar-refractivity contribution in [2.75, 3.05) is 5.32 Å². The summed E-state index contributed by atoms with van der Waals surface area (Å²) in [6, 6.07) is 9.90. The first kappa shape index (κ1) is 17.6. The zero-order valence-corrected chi connectivity index (χ0v) is 14.6. The van der Waals surface area contributed by atoms with Crippen LogP contribution in [0.4, 0.5) is 5.69 Å². The summed E-state index contributed by atoms with van der Waals surface area (Å²) in [5, 5.41) is 10.5. The number of aromatic nitrogens is 3. The molecular weight excluding hydrogens is 354 g/mol. The lowest BCUT2D eigenvalue weighted by molar-refractivity contribution is -0.115. The smallest absolute Gasteiger partial charge is 0.277 e. The second-order valence-electron chi connectivity index (χ2n) is 5.31. The first-order chi connectivity index (χ1) is 12.5. The van der Waals surface area contributed by atoms with Crippen LogP contribution in [0.25, 0.3) is 11.5 Å². The molecule has 3 aromatic rings. The van der Waals surface area contributed by atoms with Crippen molar-refractivity contribution in [1.29, 1.82) is 0 Å². The fourth-order valence-corrected chi connectivity index (χ4v) is 2.71. The molecule has 8 nitrogen and oxygen atoms in total. The molecule has 2 amide bonds. The van der Waals surface area contributed by atoms with Crippen molar-refractivity contribution in [3.63, 3.8) is 0 Å². The maximum Gasteiger partial charge on any atom is 0.277 e. The highest BCUT2D eigenvalue weighted by Gasteiger charge is 2.19. The molecule has 9 heteroatoms. The number of hydrogen-bond donors (Lipinski definition) is 2. The predicted molar refractivity (Wildman–Crippen MR) is 96.4 cm³/mol. The lowest BCUT2D eigenvalue weighted by Gasteiger charge is -2.10. The molecule has 132 valence electrons. The highest BCUT2D eigenvalue weighted by Crippen LogP contribution is 2.26. The molecule has 0 saturated carbocycles. The molecule has 26 heavy (non-hydrogen) atoms. The molecule has 2 heterocycles. The van der Waals surface area contributed by atoms with Crippen LogP contribution in [0.3, 0.4) is 0 Å². The van der Waals surface area contributed by atoms with Gasteiger partial charge < -0.3 is 15.5 Å². The van der Waals surface area contributed by atoms with Gasteiger partial charge in [-0.15, -0.1) is 10.2 Å². The fraction of sp³-hybridized carbons (Fsp3) is 0.118. The largest absolute Gasteiger partial charge is 0.411 e. The lowest BCUT2D eigenvalue weighted by atomic mass is 10.2. The summed E-state index contributed by atoms with van der Waals surface area (Å²) < 4.78 is 5.55. The zero-order valence-electron chi connectivity index (χ0n) is 13.7. The molecule has 0 fully saturated rings. The number of hydrogen-bond acceptors (Lipinski definition) is 7. The van der Waals surface area contributed by atoms with Crippen molar-refractivity contribution in [3.8, 4) is 11.5 Å². The topological polar surface area (TPSA) is 124 Å². The Morgan fingerprint density at radius 2 is 1.96 bits per heavy atom. The Bertz CT molecular complexity index is 912. The van der Waals surface area contributed by atoms with E-state index in [0.29, 0.717) is 22.7 Å². The normalized spacial score (nSPS) is 11.7. The van der Waals surface area contributed by atoms with Gasteiger partial charge in [0.05, 0.1) is 10.8 Å².